The molecule has 122 valence electrons. The van der Waals surface area contributed by atoms with E-state index < -0.39 is 5.97 Å². The summed E-state index contributed by atoms with van der Waals surface area (Å²) in [6, 6.07) is 7.70. The highest BCUT2D eigenvalue weighted by Gasteiger charge is 2.34. The second kappa shape index (κ2) is 6.99. The Balaban J connectivity index is 1.87. The molecule has 0 radical (unpaired) electrons. The summed E-state index contributed by atoms with van der Waals surface area (Å²) in [5, 5.41) is 0. The van der Waals surface area contributed by atoms with Crippen molar-refractivity contribution in [2.45, 2.75) is 39.0 Å². The third-order valence-electron chi connectivity index (χ3n) is 4.67. The maximum absolute atomic E-state index is 12.8. The number of fused-ring (bicyclic) bond motifs is 1. The fourth-order valence-electron chi connectivity index (χ4n) is 3.56. The first-order valence-corrected chi connectivity index (χ1v) is 8.50. The van der Waals surface area contributed by atoms with Gasteiger partial charge in [-0.05, 0) is 31.7 Å². The molecule has 1 heterocycles. The van der Waals surface area contributed by atoms with Gasteiger partial charge in [0.05, 0.1) is 17.9 Å². The third kappa shape index (κ3) is 3.31. The number of hydrogen-bond donors (Lipinski definition) is 0. The van der Waals surface area contributed by atoms with Crippen molar-refractivity contribution in [3.05, 3.63) is 35.9 Å². The molecule has 1 aromatic carbocycles. The molecule has 1 aromatic rings. The topological polar surface area (TPSA) is 46.6 Å². The molecule has 4 heteroatoms. The molecular formula is C19H23NO3. The van der Waals surface area contributed by atoms with Crippen LogP contribution in [0, 0.1) is 5.92 Å². The normalized spacial score (nSPS) is 20.0. The average molecular weight is 313 g/mol. The zero-order valence-electron chi connectivity index (χ0n) is 13.6. The summed E-state index contributed by atoms with van der Waals surface area (Å²) in [5.74, 6) is 0.0256. The number of benzene rings is 1. The molecule has 0 N–H and O–H groups in total. The number of rotatable bonds is 4. The van der Waals surface area contributed by atoms with Crippen LogP contribution in [0.4, 0.5) is 5.69 Å². The van der Waals surface area contributed by atoms with E-state index in [4.69, 9.17) is 4.74 Å². The van der Waals surface area contributed by atoms with Gasteiger partial charge in [0, 0.05) is 18.2 Å². The molecule has 0 bridgehead atoms. The second-order valence-electron chi connectivity index (χ2n) is 6.25. The summed E-state index contributed by atoms with van der Waals surface area (Å²) >= 11 is 0. The largest absolute Gasteiger partial charge is 0.463 e. The molecule has 1 fully saturated rings. The van der Waals surface area contributed by atoms with E-state index in [2.05, 4.69) is 0 Å². The molecule has 0 unspecified atom stereocenters. The minimum atomic E-state index is -0.454. The lowest BCUT2D eigenvalue weighted by molar-refractivity contribution is -0.137. The number of amides is 1. The summed E-state index contributed by atoms with van der Waals surface area (Å²) in [4.78, 5) is 26.5. The second-order valence-corrected chi connectivity index (χ2v) is 6.25. The number of para-hydroxylation sites is 1. The molecule has 1 aliphatic carbocycles. The molecular weight excluding hydrogens is 290 g/mol. The summed E-state index contributed by atoms with van der Waals surface area (Å²) in [5.41, 5.74) is 2.20. The lowest BCUT2D eigenvalue weighted by Crippen LogP contribution is -2.33. The van der Waals surface area contributed by atoms with E-state index in [1.54, 1.807) is 6.92 Å². The Bertz CT molecular complexity index is 629. The highest BCUT2D eigenvalue weighted by Crippen LogP contribution is 2.38. The Labute approximate surface area is 137 Å². The standard InChI is InChI=1S/C19H23NO3/c1-2-23-18(21)12-16-15-10-6-7-11-17(15)20(19(16)22)13-14-8-4-3-5-9-14/h6-7,10-12,14H,2-5,8-9,13H2,1H3. The zero-order chi connectivity index (χ0) is 16.2. The maximum Gasteiger partial charge on any atom is 0.331 e. The number of anilines is 1. The van der Waals surface area contributed by atoms with Crippen molar-refractivity contribution < 1.29 is 14.3 Å². The first kappa shape index (κ1) is 15.8. The highest BCUT2D eigenvalue weighted by molar-refractivity contribution is 6.34. The van der Waals surface area contributed by atoms with Crippen molar-refractivity contribution in [3.8, 4) is 0 Å². The van der Waals surface area contributed by atoms with Gasteiger partial charge in [-0.25, -0.2) is 4.79 Å². The molecule has 23 heavy (non-hydrogen) atoms. The van der Waals surface area contributed by atoms with Gasteiger partial charge in [-0.3, -0.25) is 4.79 Å². The van der Waals surface area contributed by atoms with Crippen molar-refractivity contribution in [1.29, 1.82) is 0 Å². The third-order valence-corrected chi connectivity index (χ3v) is 4.67. The molecule has 0 spiro atoms. The SMILES string of the molecule is CCOC(=O)C=C1C(=O)N(CC2CCCCC2)c2ccccc21. The molecule has 0 saturated heterocycles. The van der Waals surface area contributed by atoms with Gasteiger partial charge in [-0.2, -0.15) is 0 Å². The van der Waals surface area contributed by atoms with Crippen molar-refractivity contribution >= 4 is 23.1 Å². The van der Waals surface area contributed by atoms with Gasteiger partial charge < -0.3 is 9.64 Å². The van der Waals surface area contributed by atoms with Crippen LogP contribution in [-0.4, -0.2) is 25.0 Å². The van der Waals surface area contributed by atoms with Gasteiger partial charge in [0.2, 0.25) is 0 Å². The van der Waals surface area contributed by atoms with E-state index in [0.29, 0.717) is 18.1 Å². The van der Waals surface area contributed by atoms with Crippen LogP contribution in [0.15, 0.2) is 30.3 Å². The van der Waals surface area contributed by atoms with Gasteiger partial charge in [-0.1, -0.05) is 37.5 Å². The summed E-state index contributed by atoms with van der Waals surface area (Å²) in [7, 11) is 0. The first-order chi connectivity index (χ1) is 11.2. The Morgan fingerprint density at radius 3 is 2.74 bits per heavy atom. The Morgan fingerprint density at radius 1 is 1.26 bits per heavy atom. The van der Waals surface area contributed by atoms with Gasteiger partial charge in [0.1, 0.15) is 0 Å². The molecule has 2 aliphatic rings. The quantitative estimate of drug-likeness (QED) is 0.631. The van der Waals surface area contributed by atoms with E-state index in [1.807, 2.05) is 29.2 Å². The fraction of sp³-hybridized carbons (Fsp3) is 0.474. The smallest absolute Gasteiger partial charge is 0.331 e. The molecule has 3 rings (SSSR count). The van der Waals surface area contributed by atoms with Gasteiger partial charge in [-0.15, -0.1) is 0 Å². The van der Waals surface area contributed by atoms with Crippen LogP contribution < -0.4 is 4.90 Å². The predicted octanol–water partition coefficient (Wildman–Crippen LogP) is 3.56. The molecule has 1 saturated carbocycles. The van der Waals surface area contributed by atoms with Crippen LogP contribution in [0.2, 0.25) is 0 Å². The molecule has 4 nitrogen and oxygen atoms in total. The van der Waals surface area contributed by atoms with Crippen molar-refractivity contribution in [2.75, 3.05) is 18.1 Å². The minimum absolute atomic E-state index is 0.0789. The lowest BCUT2D eigenvalue weighted by Gasteiger charge is -2.27. The number of esters is 1. The van der Waals surface area contributed by atoms with Crippen LogP contribution in [0.25, 0.3) is 5.57 Å². The Morgan fingerprint density at radius 2 is 2.00 bits per heavy atom. The van der Waals surface area contributed by atoms with Crippen molar-refractivity contribution in [2.24, 2.45) is 5.92 Å². The van der Waals surface area contributed by atoms with E-state index in [9.17, 15) is 9.59 Å². The van der Waals surface area contributed by atoms with E-state index >= 15 is 0 Å². The van der Waals surface area contributed by atoms with Crippen LogP contribution >= 0.6 is 0 Å². The molecule has 1 amide bonds. The number of hydrogen-bond acceptors (Lipinski definition) is 3. The number of carbonyl (C=O) groups excluding carboxylic acids is 2. The maximum atomic E-state index is 12.8. The van der Waals surface area contributed by atoms with Gasteiger partial charge in [0.25, 0.3) is 5.91 Å². The van der Waals surface area contributed by atoms with Crippen LogP contribution in [0.3, 0.4) is 0 Å². The summed E-state index contributed by atoms with van der Waals surface area (Å²) in [6.07, 6.45) is 7.51. The predicted molar refractivity (Wildman–Crippen MR) is 90.0 cm³/mol. The number of ether oxygens (including phenoxy) is 1. The fourth-order valence-corrected chi connectivity index (χ4v) is 3.56. The van der Waals surface area contributed by atoms with Crippen molar-refractivity contribution in [3.63, 3.8) is 0 Å². The van der Waals surface area contributed by atoms with Gasteiger partial charge >= 0.3 is 5.97 Å². The lowest BCUT2D eigenvalue weighted by atomic mass is 9.89. The molecule has 1 aliphatic heterocycles. The zero-order valence-corrected chi connectivity index (χ0v) is 13.6. The van der Waals surface area contributed by atoms with E-state index in [1.165, 1.54) is 38.2 Å². The highest BCUT2D eigenvalue weighted by atomic mass is 16.5. The Kier molecular flexibility index (Phi) is 4.79. The number of nitrogens with zero attached hydrogens (tertiary/aromatic N) is 1. The van der Waals surface area contributed by atoms with Gasteiger partial charge in [0.15, 0.2) is 0 Å². The first-order valence-electron chi connectivity index (χ1n) is 8.50. The van der Waals surface area contributed by atoms with Crippen LogP contribution in [0.1, 0.15) is 44.6 Å². The molecule has 0 atom stereocenters. The average Bonchev–Trinajstić information content (AvgIpc) is 2.82. The minimum Gasteiger partial charge on any atom is -0.463 e. The monoisotopic (exact) mass is 313 g/mol. The number of carbonyl (C=O) groups is 2. The summed E-state index contributed by atoms with van der Waals surface area (Å²) < 4.78 is 4.97. The van der Waals surface area contributed by atoms with E-state index in [0.717, 1.165) is 17.8 Å². The molecule has 0 aromatic heterocycles. The van der Waals surface area contributed by atoms with Crippen LogP contribution in [0.5, 0.6) is 0 Å². The van der Waals surface area contributed by atoms with Crippen LogP contribution in [-0.2, 0) is 14.3 Å². The van der Waals surface area contributed by atoms with Crippen molar-refractivity contribution in [1.82, 2.24) is 0 Å². The van der Waals surface area contributed by atoms with E-state index in [-0.39, 0.29) is 5.91 Å². The summed E-state index contributed by atoms with van der Waals surface area (Å²) in [6.45, 7) is 2.82. The Hall–Kier alpha value is -2.10.